The van der Waals surface area contributed by atoms with Gasteiger partial charge in [-0.25, -0.2) is 0 Å². The maximum atomic E-state index is 11.2. The molecule has 0 saturated carbocycles. The van der Waals surface area contributed by atoms with E-state index in [2.05, 4.69) is 0 Å². The van der Waals surface area contributed by atoms with E-state index in [0.29, 0.717) is 6.42 Å². The van der Waals surface area contributed by atoms with Crippen molar-refractivity contribution in [3.8, 4) is 0 Å². The summed E-state index contributed by atoms with van der Waals surface area (Å²) in [5.41, 5.74) is 0. The van der Waals surface area contributed by atoms with Gasteiger partial charge in [0.1, 0.15) is 6.23 Å². The van der Waals surface area contributed by atoms with Crippen molar-refractivity contribution in [2.45, 2.75) is 39.2 Å². The molecule has 0 aromatic carbocycles. The van der Waals surface area contributed by atoms with Crippen molar-refractivity contribution in [2.75, 3.05) is 6.54 Å². The summed E-state index contributed by atoms with van der Waals surface area (Å²) in [6.07, 6.45) is 0.383. The third kappa shape index (κ3) is 2.19. The van der Waals surface area contributed by atoms with Gasteiger partial charge < -0.3 is 14.7 Å². The molecule has 0 spiro atoms. The van der Waals surface area contributed by atoms with Crippen molar-refractivity contribution in [3.63, 3.8) is 0 Å². The molecule has 4 nitrogen and oxygen atoms in total. The minimum Gasteiger partial charge on any atom is -0.368 e. The average molecular weight is 173 g/mol. The second-order valence-corrected chi connectivity index (χ2v) is 3.03. The average Bonchev–Trinajstić information content (AvgIpc) is 2.33. The van der Waals surface area contributed by atoms with Gasteiger partial charge in [0.25, 0.3) is 0 Å². The van der Waals surface area contributed by atoms with Gasteiger partial charge in [-0.05, 0) is 20.3 Å². The Balaban J connectivity index is 2.40. The molecule has 1 aliphatic heterocycles. The number of rotatable bonds is 3. The molecule has 1 rings (SSSR count). The van der Waals surface area contributed by atoms with Gasteiger partial charge in [-0.2, -0.15) is 0 Å². The molecule has 12 heavy (non-hydrogen) atoms. The Morgan fingerprint density at radius 2 is 2.25 bits per heavy atom. The molecule has 0 radical (unpaired) electrons. The van der Waals surface area contributed by atoms with E-state index in [0.717, 1.165) is 13.0 Å². The highest BCUT2D eigenvalue weighted by molar-refractivity contribution is 5.78. The lowest BCUT2D eigenvalue weighted by Gasteiger charge is -2.25. The van der Waals surface area contributed by atoms with Crippen LogP contribution in [0.5, 0.6) is 0 Å². The SMILES string of the molecule is CC(O)OC(C)N1CCCC1=O. The Labute approximate surface area is 72.1 Å². The number of hydrogen-bond acceptors (Lipinski definition) is 3. The largest absolute Gasteiger partial charge is 0.368 e. The third-order valence-electron chi connectivity index (χ3n) is 1.94. The summed E-state index contributed by atoms with van der Waals surface area (Å²) in [6, 6.07) is 0. The second-order valence-electron chi connectivity index (χ2n) is 3.03. The summed E-state index contributed by atoms with van der Waals surface area (Å²) in [5, 5.41) is 8.91. The van der Waals surface area contributed by atoms with Crippen molar-refractivity contribution >= 4 is 5.91 Å². The number of aliphatic hydroxyl groups is 1. The molecule has 2 unspecified atom stereocenters. The molecule has 0 aromatic rings. The quantitative estimate of drug-likeness (QED) is 0.625. The molecule has 1 N–H and O–H groups in total. The molecule has 1 saturated heterocycles. The molecule has 1 fully saturated rings. The number of ether oxygens (including phenoxy) is 1. The molecule has 1 amide bonds. The highest BCUT2D eigenvalue weighted by Crippen LogP contribution is 2.14. The van der Waals surface area contributed by atoms with Crippen LogP contribution >= 0.6 is 0 Å². The predicted molar refractivity (Wildman–Crippen MR) is 43.2 cm³/mol. The van der Waals surface area contributed by atoms with E-state index in [1.807, 2.05) is 0 Å². The van der Waals surface area contributed by atoms with Gasteiger partial charge in [-0.15, -0.1) is 0 Å². The van der Waals surface area contributed by atoms with E-state index in [-0.39, 0.29) is 12.1 Å². The molecule has 70 valence electrons. The Morgan fingerprint density at radius 3 is 2.67 bits per heavy atom. The molecule has 1 heterocycles. The number of carbonyl (C=O) groups is 1. The first-order chi connectivity index (χ1) is 5.61. The third-order valence-corrected chi connectivity index (χ3v) is 1.94. The van der Waals surface area contributed by atoms with Gasteiger partial charge >= 0.3 is 0 Å². The van der Waals surface area contributed by atoms with Gasteiger partial charge in [0.05, 0.1) is 0 Å². The molecule has 0 aliphatic carbocycles. The Bertz CT molecular complexity index is 170. The van der Waals surface area contributed by atoms with Crippen LogP contribution in [0.4, 0.5) is 0 Å². The van der Waals surface area contributed by atoms with Crippen LogP contribution in [-0.2, 0) is 9.53 Å². The molecular weight excluding hydrogens is 158 g/mol. The number of amides is 1. The highest BCUT2D eigenvalue weighted by atomic mass is 16.6. The van der Waals surface area contributed by atoms with Crippen LogP contribution in [0.1, 0.15) is 26.7 Å². The molecule has 0 bridgehead atoms. The number of nitrogens with zero attached hydrogens (tertiary/aromatic N) is 1. The molecule has 1 aliphatic rings. The van der Waals surface area contributed by atoms with Crippen molar-refractivity contribution < 1.29 is 14.6 Å². The molecule has 4 heteroatoms. The van der Waals surface area contributed by atoms with Crippen LogP contribution in [0.3, 0.4) is 0 Å². The zero-order valence-electron chi connectivity index (χ0n) is 7.49. The highest BCUT2D eigenvalue weighted by Gasteiger charge is 2.25. The fourth-order valence-electron chi connectivity index (χ4n) is 1.41. The fourth-order valence-corrected chi connectivity index (χ4v) is 1.41. The summed E-state index contributed by atoms with van der Waals surface area (Å²) < 4.78 is 5.07. The maximum Gasteiger partial charge on any atom is 0.224 e. The van der Waals surface area contributed by atoms with Gasteiger partial charge in [0, 0.05) is 13.0 Å². The summed E-state index contributed by atoms with van der Waals surface area (Å²) in [6.45, 7) is 4.06. The lowest BCUT2D eigenvalue weighted by Crippen LogP contribution is -2.37. The van der Waals surface area contributed by atoms with Crippen LogP contribution in [0.15, 0.2) is 0 Å². The zero-order chi connectivity index (χ0) is 9.14. The number of likely N-dealkylation sites (tertiary alicyclic amines) is 1. The van der Waals surface area contributed by atoms with Crippen LogP contribution in [0.2, 0.25) is 0 Å². The minimum absolute atomic E-state index is 0.114. The summed E-state index contributed by atoms with van der Waals surface area (Å²) in [4.78, 5) is 12.8. The first-order valence-corrected chi connectivity index (χ1v) is 4.24. The van der Waals surface area contributed by atoms with E-state index in [1.165, 1.54) is 6.92 Å². The molecule has 2 atom stereocenters. The van der Waals surface area contributed by atoms with Crippen LogP contribution in [0, 0.1) is 0 Å². The van der Waals surface area contributed by atoms with E-state index in [9.17, 15) is 4.79 Å². The van der Waals surface area contributed by atoms with E-state index >= 15 is 0 Å². The van der Waals surface area contributed by atoms with Crippen molar-refractivity contribution in [3.05, 3.63) is 0 Å². The van der Waals surface area contributed by atoms with Gasteiger partial charge in [-0.3, -0.25) is 4.79 Å². The van der Waals surface area contributed by atoms with Gasteiger partial charge in [-0.1, -0.05) is 0 Å². The normalized spacial score (nSPS) is 22.9. The number of hydrogen-bond donors (Lipinski definition) is 1. The second kappa shape index (κ2) is 3.87. The maximum absolute atomic E-state index is 11.2. The molecule has 0 aromatic heterocycles. The number of carbonyl (C=O) groups excluding carboxylic acids is 1. The first-order valence-electron chi connectivity index (χ1n) is 4.24. The Kier molecular flexibility index (Phi) is 3.05. The predicted octanol–water partition coefficient (Wildman–Crippen LogP) is 0.310. The topological polar surface area (TPSA) is 49.8 Å². The van der Waals surface area contributed by atoms with Gasteiger partial charge in [0.2, 0.25) is 5.91 Å². The number of aliphatic hydroxyl groups excluding tert-OH is 1. The zero-order valence-corrected chi connectivity index (χ0v) is 7.49. The smallest absolute Gasteiger partial charge is 0.224 e. The van der Waals surface area contributed by atoms with Crippen molar-refractivity contribution in [1.82, 2.24) is 4.90 Å². The fraction of sp³-hybridized carbons (Fsp3) is 0.875. The standard InChI is InChI=1S/C8H15NO3/c1-6(12-7(2)10)9-5-3-4-8(9)11/h6-7,10H,3-5H2,1-2H3. The van der Waals surface area contributed by atoms with E-state index in [1.54, 1.807) is 11.8 Å². The lowest BCUT2D eigenvalue weighted by molar-refractivity contribution is -0.172. The van der Waals surface area contributed by atoms with Crippen LogP contribution in [0.25, 0.3) is 0 Å². The van der Waals surface area contributed by atoms with E-state index in [4.69, 9.17) is 9.84 Å². The minimum atomic E-state index is -0.812. The summed E-state index contributed by atoms with van der Waals surface area (Å²) in [5.74, 6) is 0.114. The summed E-state index contributed by atoms with van der Waals surface area (Å²) in [7, 11) is 0. The first kappa shape index (κ1) is 9.48. The van der Waals surface area contributed by atoms with Crippen molar-refractivity contribution in [1.29, 1.82) is 0 Å². The lowest BCUT2D eigenvalue weighted by atomic mass is 10.4. The monoisotopic (exact) mass is 173 g/mol. The molecular formula is C8H15NO3. The van der Waals surface area contributed by atoms with Crippen LogP contribution < -0.4 is 0 Å². The van der Waals surface area contributed by atoms with E-state index < -0.39 is 6.29 Å². The van der Waals surface area contributed by atoms with Crippen molar-refractivity contribution in [2.24, 2.45) is 0 Å². The summed E-state index contributed by atoms with van der Waals surface area (Å²) >= 11 is 0. The van der Waals surface area contributed by atoms with Gasteiger partial charge in [0.15, 0.2) is 6.29 Å². The Hall–Kier alpha value is -0.610. The Morgan fingerprint density at radius 1 is 1.58 bits per heavy atom. The van der Waals surface area contributed by atoms with Crippen LogP contribution in [-0.4, -0.2) is 35.0 Å².